The Morgan fingerprint density at radius 2 is 2.12 bits per heavy atom. The number of halogens is 1. The Labute approximate surface area is 149 Å². The predicted octanol–water partition coefficient (Wildman–Crippen LogP) is 3.30. The number of carbonyl (C=O) groups excluding carboxylic acids is 1. The fourth-order valence-corrected chi connectivity index (χ4v) is 2.85. The molecule has 0 fully saturated rings. The Bertz CT molecular complexity index is 957. The first kappa shape index (κ1) is 16.1. The molecule has 4 rings (SSSR count). The molecular formula is C19H16FN3O3. The van der Waals surface area contributed by atoms with E-state index in [0.717, 1.165) is 11.1 Å². The summed E-state index contributed by atoms with van der Waals surface area (Å²) in [5, 5.41) is 9.15. The number of aromatic nitrogens is 2. The summed E-state index contributed by atoms with van der Waals surface area (Å²) in [5.74, 6) is 0.0834. The summed E-state index contributed by atoms with van der Waals surface area (Å²) >= 11 is 0. The standard InChI is InChI=1S/C19H16FN3O3/c1-11-6-15(14(20)7-13(11)12-8-21-22-9-12)23-19(24)18-10-25-16-4-2-3-5-17(16)26-18/h2-9,18H,10H2,1H3,(H,21,22)(H,23,24). The zero-order valence-electron chi connectivity index (χ0n) is 14.0. The van der Waals surface area contributed by atoms with Gasteiger partial charge in [0, 0.05) is 11.8 Å². The minimum absolute atomic E-state index is 0.0660. The maximum atomic E-state index is 14.5. The van der Waals surface area contributed by atoms with Crippen molar-refractivity contribution in [1.82, 2.24) is 10.2 Å². The molecule has 2 aromatic carbocycles. The fraction of sp³-hybridized carbons (Fsp3) is 0.158. The summed E-state index contributed by atoms with van der Waals surface area (Å²) in [4.78, 5) is 12.5. The van der Waals surface area contributed by atoms with Crippen molar-refractivity contribution in [3.8, 4) is 22.6 Å². The van der Waals surface area contributed by atoms with Gasteiger partial charge in [0.05, 0.1) is 11.9 Å². The van der Waals surface area contributed by atoms with Crippen LogP contribution in [0.1, 0.15) is 5.56 Å². The quantitative estimate of drug-likeness (QED) is 0.757. The van der Waals surface area contributed by atoms with Gasteiger partial charge in [-0.2, -0.15) is 5.10 Å². The van der Waals surface area contributed by atoms with Crippen molar-refractivity contribution in [3.63, 3.8) is 0 Å². The number of benzene rings is 2. The largest absolute Gasteiger partial charge is 0.485 e. The number of para-hydroxylation sites is 2. The number of rotatable bonds is 3. The number of nitrogens with zero attached hydrogens (tertiary/aromatic N) is 1. The van der Waals surface area contributed by atoms with Gasteiger partial charge in [0.1, 0.15) is 12.4 Å². The smallest absolute Gasteiger partial charge is 0.269 e. The topological polar surface area (TPSA) is 76.2 Å². The lowest BCUT2D eigenvalue weighted by Gasteiger charge is -2.25. The number of amides is 1. The highest BCUT2D eigenvalue weighted by atomic mass is 19.1. The highest BCUT2D eigenvalue weighted by molar-refractivity contribution is 5.95. The SMILES string of the molecule is Cc1cc(NC(=O)C2COc3ccccc3O2)c(F)cc1-c1cn[nH]c1. The Balaban J connectivity index is 1.52. The van der Waals surface area contributed by atoms with Crippen LogP contribution in [0.25, 0.3) is 11.1 Å². The van der Waals surface area contributed by atoms with Crippen LogP contribution in [0, 0.1) is 12.7 Å². The number of anilines is 1. The summed E-state index contributed by atoms with van der Waals surface area (Å²) in [6.07, 6.45) is 2.45. The molecule has 2 N–H and O–H groups in total. The summed E-state index contributed by atoms with van der Waals surface area (Å²) in [6.45, 7) is 1.91. The van der Waals surface area contributed by atoms with Gasteiger partial charge in [-0.25, -0.2) is 4.39 Å². The molecular weight excluding hydrogens is 337 g/mol. The zero-order valence-corrected chi connectivity index (χ0v) is 14.0. The molecule has 3 aromatic rings. The van der Waals surface area contributed by atoms with E-state index >= 15 is 0 Å². The van der Waals surface area contributed by atoms with Crippen molar-refractivity contribution in [2.24, 2.45) is 0 Å². The summed E-state index contributed by atoms with van der Waals surface area (Å²) in [6, 6.07) is 10.1. The molecule has 1 aliphatic rings. The molecule has 2 heterocycles. The maximum Gasteiger partial charge on any atom is 0.269 e. The van der Waals surface area contributed by atoms with E-state index in [1.54, 1.807) is 36.7 Å². The second-order valence-corrected chi connectivity index (χ2v) is 5.99. The molecule has 0 radical (unpaired) electrons. The molecule has 6 nitrogen and oxygen atoms in total. The predicted molar refractivity (Wildman–Crippen MR) is 93.7 cm³/mol. The van der Waals surface area contributed by atoms with E-state index in [9.17, 15) is 9.18 Å². The zero-order chi connectivity index (χ0) is 18.1. The van der Waals surface area contributed by atoms with Crippen molar-refractivity contribution < 1.29 is 18.7 Å². The van der Waals surface area contributed by atoms with Gasteiger partial charge in [-0.15, -0.1) is 0 Å². The van der Waals surface area contributed by atoms with E-state index in [1.165, 1.54) is 6.07 Å². The fourth-order valence-electron chi connectivity index (χ4n) is 2.85. The molecule has 0 saturated carbocycles. The highest BCUT2D eigenvalue weighted by Gasteiger charge is 2.28. The van der Waals surface area contributed by atoms with Crippen molar-refractivity contribution in [2.45, 2.75) is 13.0 Å². The molecule has 7 heteroatoms. The van der Waals surface area contributed by atoms with Crippen molar-refractivity contribution in [2.75, 3.05) is 11.9 Å². The average Bonchev–Trinajstić information content (AvgIpc) is 3.18. The van der Waals surface area contributed by atoms with E-state index in [4.69, 9.17) is 9.47 Å². The first-order chi connectivity index (χ1) is 12.6. The van der Waals surface area contributed by atoms with Crippen LogP contribution in [-0.4, -0.2) is 28.8 Å². The van der Waals surface area contributed by atoms with Crippen LogP contribution in [0.15, 0.2) is 48.8 Å². The Morgan fingerprint density at radius 3 is 2.88 bits per heavy atom. The molecule has 0 bridgehead atoms. The van der Waals surface area contributed by atoms with E-state index in [-0.39, 0.29) is 12.3 Å². The lowest BCUT2D eigenvalue weighted by Crippen LogP contribution is -2.40. The molecule has 1 amide bonds. The Kier molecular flexibility index (Phi) is 4.04. The number of nitrogens with one attached hydrogen (secondary N) is 2. The third-order valence-electron chi connectivity index (χ3n) is 4.18. The lowest BCUT2D eigenvalue weighted by atomic mass is 10.0. The van der Waals surface area contributed by atoms with Crippen molar-refractivity contribution >= 4 is 11.6 Å². The number of ether oxygens (including phenoxy) is 2. The number of aryl methyl sites for hydroxylation is 1. The molecule has 1 aromatic heterocycles. The molecule has 0 spiro atoms. The molecule has 0 aliphatic carbocycles. The van der Waals surface area contributed by atoms with E-state index in [1.807, 2.05) is 13.0 Å². The molecule has 1 unspecified atom stereocenters. The van der Waals surface area contributed by atoms with Crippen LogP contribution < -0.4 is 14.8 Å². The number of hydrogen-bond acceptors (Lipinski definition) is 4. The first-order valence-electron chi connectivity index (χ1n) is 8.10. The minimum Gasteiger partial charge on any atom is -0.485 e. The van der Waals surface area contributed by atoms with Crippen LogP contribution in [0.5, 0.6) is 11.5 Å². The minimum atomic E-state index is -0.849. The number of H-pyrrole nitrogens is 1. The van der Waals surface area contributed by atoms with Gasteiger partial charge in [0.2, 0.25) is 6.10 Å². The molecule has 26 heavy (non-hydrogen) atoms. The van der Waals surface area contributed by atoms with Crippen LogP contribution in [0.3, 0.4) is 0 Å². The number of fused-ring (bicyclic) bond motifs is 1. The molecule has 0 saturated heterocycles. The third-order valence-corrected chi connectivity index (χ3v) is 4.18. The average molecular weight is 353 g/mol. The lowest BCUT2D eigenvalue weighted by molar-refractivity contribution is -0.125. The number of hydrogen-bond donors (Lipinski definition) is 2. The molecule has 132 valence electrons. The van der Waals surface area contributed by atoms with Crippen LogP contribution in [0.4, 0.5) is 10.1 Å². The van der Waals surface area contributed by atoms with Crippen molar-refractivity contribution in [1.29, 1.82) is 0 Å². The maximum absolute atomic E-state index is 14.5. The van der Waals surface area contributed by atoms with Crippen LogP contribution >= 0.6 is 0 Å². The van der Waals surface area contributed by atoms with Gasteiger partial charge in [-0.3, -0.25) is 9.89 Å². The second-order valence-electron chi connectivity index (χ2n) is 5.99. The van der Waals surface area contributed by atoms with Gasteiger partial charge in [-0.1, -0.05) is 12.1 Å². The molecule has 1 aliphatic heterocycles. The molecule has 1 atom stereocenters. The normalized spacial score (nSPS) is 15.5. The van der Waals surface area contributed by atoms with Crippen molar-refractivity contribution in [3.05, 3.63) is 60.2 Å². The van der Waals surface area contributed by atoms with E-state index in [2.05, 4.69) is 15.5 Å². The monoisotopic (exact) mass is 353 g/mol. The third kappa shape index (κ3) is 2.99. The Morgan fingerprint density at radius 1 is 1.31 bits per heavy atom. The second kappa shape index (κ2) is 6.51. The number of aromatic amines is 1. The Hall–Kier alpha value is -3.35. The van der Waals surface area contributed by atoms with Crippen LogP contribution in [-0.2, 0) is 4.79 Å². The van der Waals surface area contributed by atoms with Gasteiger partial charge in [0.15, 0.2) is 11.5 Å². The van der Waals surface area contributed by atoms with E-state index in [0.29, 0.717) is 17.1 Å². The van der Waals surface area contributed by atoms with Gasteiger partial charge >= 0.3 is 0 Å². The summed E-state index contributed by atoms with van der Waals surface area (Å²) < 4.78 is 25.6. The van der Waals surface area contributed by atoms with Gasteiger partial charge < -0.3 is 14.8 Å². The van der Waals surface area contributed by atoms with Crippen LogP contribution in [0.2, 0.25) is 0 Å². The van der Waals surface area contributed by atoms with E-state index < -0.39 is 17.8 Å². The summed E-state index contributed by atoms with van der Waals surface area (Å²) in [7, 11) is 0. The van der Waals surface area contributed by atoms with Gasteiger partial charge in [-0.05, 0) is 42.3 Å². The first-order valence-corrected chi connectivity index (χ1v) is 8.10. The number of carbonyl (C=O) groups is 1. The highest BCUT2D eigenvalue weighted by Crippen LogP contribution is 2.32. The summed E-state index contributed by atoms with van der Waals surface area (Å²) in [5.41, 5.74) is 2.40. The van der Waals surface area contributed by atoms with Gasteiger partial charge in [0.25, 0.3) is 5.91 Å².